The molecule has 2 aromatic heterocycles. The molecule has 5 N–H and O–H groups in total. The maximum absolute atomic E-state index is 13.2. The van der Waals surface area contributed by atoms with E-state index in [4.69, 9.17) is 5.41 Å². The van der Waals surface area contributed by atoms with Gasteiger partial charge in [-0.05, 0) is 43.7 Å². The van der Waals surface area contributed by atoms with E-state index in [1.54, 1.807) is 18.5 Å². The van der Waals surface area contributed by atoms with E-state index in [9.17, 15) is 22.8 Å². The number of rotatable bonds is 12. The maximum Gasteiger partial charge on any atom is 0.240 e. The van der Waals surface area contributed by atoms with E-state index in [-0.39, 0.29) is 29.6 Å². The molecule has 220 valence electrons. The van der Waals surface area contributed by atoms with Crippen LogP contribution in [0.5, 0.6) is 0 Å². The van der Waals surface area contributed by atoms with Crippen molar-refractivity contribution in [3.05, 3.63) is 52.6 Å². The van der Waals surface area contributed by atoms with Crippen molar-refractivity contribution in [1.82, 2.24) is 30.2 Å². The maximum atomic E-state index is 13.2. The third-order valence-corrected chi connectivity index (χ3v) is 8.65. The van der Waals surface area contributed by atoms with Gasteiger partial charge in [0.15, 0.2) is 5.01 Å². The van der Waals surface area contributed by atoms with Crippen LogP contribution in [0.25, 0.3) is 10.9 Å². The zero-order valence-corrected chi connectivity index (χ0v) is 24.6. The third kappa shape index (κ3) is 8.44. The number of ketones is 1. The van der Waals surface area contributed by atoms with Gasteiger partial charge in [-0.3, -0.25) is 19.8 Å². The van der Waals surface area contributed by atoms with Crippen LogP contribution in [0.1, 0.15) is 41.6 Å². The summed E-state index contributed by atoms with van der Waals surface area (Å²) in [6.07, 6.45) is 6.25. The van der Waals surface area contributed by atoms with E-state index < -0.39 is 40.5 Å². The van der Waals surface area contributed by atoms with Crippen molar-refractivity contribution in [3.63, 3.8) is 0 Å². The van der Waals surface area contributed by atoms with Gasteiger partial charge in [0.25, 0.3) is 0 Å². The summed E-state index contributed by atoms with van der Waals surface area (Å²) in [6, 6.07) is 5.68. The molecule has 0 aliphatic carbocycles. The Labute approximate surface area is 242 Å². The highest BCUT2D eigenvalue weighted by atomic mass is 32.2. The Kier molecular flexibility index (Phi) is 9.89. The molecule has 2 atom stereocenters. The Morgan fingerprint density at radius 1 is 1.20 bits per heavy atom. The van der Waals surface area contributed by atoms with Crippen molar-refractivity contribution in [1.29, 1.82) is 5.41 Å². The lowest BCUT2D eigenvalue weighted by molar-refractivity contribution is -0.127. The number of likely N-dealkylation sites (tertiary alicyclic amines) is 1. The molecule has 2 unspecified atom stereocenters. The quantitative estimate of drug-likeness (QED) is 0.119. The smallest absolute Gasteiger partial charge is 0.240 e. The van der Waals surface area contributed by atoms with E-state index in [1.165, 1.54) is 17.5 Å². The number of piperidine rings is 1. The minimum absolute atomic E-state index is 0.0842. The van der Waals surface area contributed by atoms with Gasteiger partial charge < -0.3 is 20.5 Å². The van der Waals surface area contributed by atoms with Crippen LogP contribution >= 0.6 is 11.3 Å². The Bertz CT molecular complexity index is 1500. The van der Waals surface area contributed by atoms with E-state index in [0.717, 1.165) is 35.6 Å². The molecule has 1 fully saturated rings. The summed E-state index contributed by atoms with van der Waals surface area (Å²) in [7, 11) is -3.69. The molecule has 1 saturated heterocycles. The molecule has 0 spiro atoms. The lowest BCUT2D eigenvalue weighted by atomic mass is 9.90. The van der Waals surface area contributed by atoms with Crippen molar-refractivity contribution in [2.24, 2.45) is 5.92 Å². The van der Waals surface area contributed by atoms with Gasteiger partial charge >= 0.3 is 0 Å². The molecule has 14 heteroatoms. The first-order chi connectivity index (χ1) is 19.5. The Morgan fingerprint density at radius 3 is 2.59 bits per heavy atom. The average molecular weight is 602 g/mol. The number of carbonyl (C=O) groups excluding carboxylic acids is 3. The van der Waals surface area contributed by atoms with Crippen molar-refractivity contribution in [2.45, 2.75) is 44.7 Å². The molecular weight excluding hydrogens is 566 g/mol. The minimum Gasteiger partial charge on any atom is -0.361 e. The first kappa shape index (κ1) is 30.3. The Hall–Kier alpha value is -3.62. The monoisotopic (exact) mass is 601 g/mol. The number of Topliss-reactive ketones (excluding diaryl/α,β-unsaturated/α-hetero) is 1. The zero-order valence-electron chi connectivity index (χ0n) is 23.0. The van der Waals surface area contributed by atoms with E-state index in [2.05, 4.69) is 25.3 Å². The predicted octanol–water partition coefficient (Wildman–Crippen LogP) is 1.67. The molecule has 0 saturated carbocycles. The highest BCUT2D eigenvalue weighted by Gasteiger charge is 2.30. The Morgan fingerprint density at radius 2 is 1.93 bits per heavy atom. The number of hydrogen-bond donors (Lipinski definition) is 5. The Balaban J connectivity index is 1.40. The summed E-state index contributed by atoms with van der Waals surface area (Å²) < 4.78 is 26.4. The number of nitrogens with one attached hydrogen (secondary N) is 5. The summed E-state index contributed by atoms with van der Waals surface area (Å²) in [6.45, 7) is 2.63. The molecule has 4 rings (SSSR count). The standard InChI is InChI=1S/C27H35N7O5S2/c1-17(28)34-10-7-18(8-11-34)13-23(33-41(2,38)39)26(37)31-16-24(35)32-22(25(36)27-29-9-12-40-27)14-19-15-30-21-6-4-3-5-20(19)21/h3-6,9,12,15,18,22-23,28,30,33H,7-8,10-11,13-14,16H2,1-2H3,(H,31,37)(H,32,35). The van der Waals surface area contributed by atoms with Crippen molar-refractivity contribution >= 4 is 55.7 Å². The van der Waals surface area contributed by atoms with Crippen molar-refractivity contribution in [2.75, 3.05) is 25.9 Å². The van der Waals surface area contributed by atoms with E-state index >= 15 is 0 Å². The highest BCUT2D eigenvalue weighted by molar-refractivity contribution is 7.88. The van der Waals surface area contributed by atoms with Gasteiger partial charge in [-0.15, -0.1) is 11.3 Å². The molecular formula is C27H35N7O5S2. The fourth-order valence-electron chi connectivity index (χ4n) is 5.06. The fraction of sp³-hybridized carbons (Fsp3) is 0.444. The number of H-pyrrole nitrogens is 1. The van der Waals surface area contributed by atoms with Crippen LogP contribution in [0.2, 0.25) is 0 Å². The van der Waals surface area contributed by atoms with Gasteiger partial charge in [0, 0.05) is 48.2 Å². The van der Waals surface area contributed by atoms with Crippen LogP contribution in [0.3, 0.4) is 0 Å². The second-order valence-corrected chi connectivity index (χ2v) is 13.0. The molecule has 3 aromatic rings. The van der Waals surface area contributed by atoms with Gasteiger partial charge in [0.1, 0.15) is 6.04 Å². The van der Waals surface area contributed by atoms with Gasteiger partial charge in [0.2, 0.25) is 27.6 Å². The van der Waals surface area contributed by atoms with Crippen molar-refractivity contribution < 1.29 is 22.8 Å². The number of fused-ring (bicyclic) bond motifs is 1. The van der Waals surface area contributed by atoms with Crippen LogP contribution < -0.4 is 15.4 Å². The minimum atomic E-state index is -3.69. The van der Waals surface area contributed by atoms with Gasteiger partial charge in [-0.1, -0.05) is 18.2 Å². The molecule has 2 amide bonds. The number of aromatic nitrogens is 2. The number of amides is 2. The third-order valence-electron chi connectivity index (χ3n) is 7.15. The SMILES string of the molecule is CC(=N)N1CCC(CC(NS(C)(=O)=O)C(=O)NCC(=O)NC(Cc2c[nH]c3ccccc23)C(=O)c2nccs2)CC1. The molecule has 12 nitrogen and oxygen atoms in total. The molecule has 3 heterocycles. The first-order valence-corrected chi connectivity index (χ1v) is 16.1. The topological polar surface area (TPSA) is 177 Å². The van der Waals surface area contributed by atoms with Gasteiger partial charge in [0.05, 0.1) is 24.7 Å². The number of amidine groups is 1. The van der Waals surface area contributed by atoms with E-state index in [0.29, 0.717) is 18.9 Å². The van der Waals surface area contributed by atoms with Gasteiger partial charge in [-0.2, -0.15) is 0 Å². The number of thiazole rings is 1. The molecule has 0 bridgehead atoms. The number of nitrogens with zero attached hydrogens (tertiary/aromatic N) is 2. The van der Waals surface area contributed by atoms with E-state index in [1.807, 2.05) is 29.2 Å². The summed E-state index contributed by atoms with van der Waals surface area (Å²) in [5, 5.41) is 15.9. The molecule has 1 aliphatic heterocycles. The second kappa shape index (κ2) is 13.4. The number of hydrogen-bond acceptors (Lipinski definition) is 8. The zero-order chi connectivity index (χ0) is 29.6. The average Bonchev–Trinajstić information content (AvgIpc) is 3.61. The fourth-order valence-corrected chi connectivity index (χ4v) is 6.42. The highest BCUT2D eigenvalue weighted by Crippen LogP contribution is 2.23. The number of sulfonamides is 1. The molecule has 1 aliphatic rings. The lowest BCUT2D eigenvalue weighted by Crippen LogP contribution is -2.51. The van der Waals surface area contributed by atoms with Crippen LogP contribution in [-0.2, 0) is 26.0 Å². The normalized spacial score (nSPS) is 15.8. The van der Waals surface area contributed by atoms with Crippen LogP contribution in [0, 0.1) is 11.3 Å². The largest absolute Gasteiger partial charge is 0.361 e. The van der Waals surface area contributed by atoms with Crippen LogP contribution in [-0.4, -0.2) is 84.7 Å². The second-order valence-electron chi connectivity index (χ2n) is 10.3. The summed E-state index contributed by atoms with van der Waals surface area (Å²) >= 11 is 1.18. The number of aromatic amines is 1. The van der Waals surface area contributed by atoms with Crippen LogP contribution in [0.15, 0.2) is 42.0 Å². The first-order valence-electron chi connectivity index (χ1n) is 13.3. The summed E-state index contributed by atoms with van der Waals surface area (Å²) in [4.78, 5) is 48.4. The number of carbonyl (C=O) groups is 3. The lowest BCUT2D eigenvalue weighted by Gasteiger charge is -2.34. The summed E-state index contributed by atoms with van der Waals surface area (Å²) in [5.41, 5.74) is 1.76. The molecule has 1 aromatic carbocycles. The van der Waals surface area contributed by atoms with Gasteiger partial charge in [-0.25, -0.2) is 18.1 Å². The predicted molar refractivity (Wildman–Crippen MR) is 157 cm³/mol. The molecule has 0 radical (unpaired) electrons. The molecule has 41 heavy (non-hydrogen) atoms. The number of benzene rings is 1. The van der Waals surface area contributed by atoms with Crippen molar-refractivity contribution in [3.8, 4) is 0 Å². The summed E-state index contributed by atoms with van der Waals surface area (Å²) in [5.74, 6) is -0.972. The van der Waals surface area contributed by atoms with Crippen LogP contribution in [0.4, 0.5) is 0 Å². The number of para-hydroxylation sites is 1.